The summed E-state index contributed by atoms with van der Waals surface area (Å²) in [6.45, 7) is 0. The zero-order chi connectivity index (χ0) is 22.4. The molecular weight excluding hydrogens is 412 g/mol. The van der Waals surface area contributed by atoms with Crippen LogP contribution in [0.1, 0.15) is 10.4 Å². The van der Waals surface area contributed by atoms with Crippen molar-refractivity contribution in [2.24, 2.45) is 0 Å². The largest absolute Gasteiger partial charge is 0.868 e. The van der Waals surface area contributed by atoms with Gasteiger partial charge in [0.05, 0.1) is 15.4 Å². The molecule has 2 aliphatic rings. The van der Waals surface area contributed by atoms with Crippen molar-refractivity contribution in [2.75, 3.05) is 0 Å². The van der Waals surface area contributed by atoms with Crippen LogP contribution in [0.3, 0.4) is 0 Å². The van der Waals surface area contributed by atoms with Crippen molar-refractivity contribution >= 4 is 28.3 Å². The Morgan fingerprint density at radius 1 is 0.903 bits per heavy atom. The SMILES string of the molecule is O=C(O)c1ccccc1-c1c2ccc(=O)c([N+](=O)[O-])c-2oc2c([N+](=O)[O-])c([O-])ccc12. The van der Waals surface area contributed by atoms with E-state index in [-0.39, 0.29) is 27.6 Å². The van der Waals surface area contributed by atoms with Gasteiger partial charge in [0.15, 0.2) is 0 Å². The van der Waals surface area contributed by atoms with Gasteiger partial charge in [0.1, 0.15) is 0 Å². The molecule has 2 aromatic rings. The predicted octanol–water partition coefficient (Wildman–Crippen LogP) is 3.15. The molecular formula is C20H9N2O9-. The molecule has 1 N–H and O–H groups in total. The van der Waals surface area contributed by atoms with E-state index in [0.717, 1.165) is 12.1 Å². The third-order valence-corrected chi connectivity index (χ3v) is 4.72. The summed E-state index contributed by atoms with van der Waals surface area (Å²) >= 11 is 0. The van der Waals surface area contributed by atoms with Crippen molar-refractivity contribution in [2.45, 2.75) is 0 Å². The van der Waals surface area contributed by atoms with Crippen LogP contribution in [-0.4, -0.2) is 20.9 Å². The Morgan fingerprint density at radius 3 is 2.23 bits per heavy atom. The number of carbonyl (C=O) groups is 1. The summed E-state index contributed by atoms with van der Waals surface area (Å²) in [7, 11) is 0. The second-order valence-corrected chi connectivity index (χ2v) is 6.42. The van der Waals surface area contributed by atoms with E-state index in [4.69, 9.17) is 4.42 Å². The highest BCUT2D eigenvalue weighted by atomic mass is 16.6. The van der Waals surface area contributed by atoms with Gasteiger partial charge in [-0.1, -0.05) is 30.3 Å². The van der Waals surface area contributed by atoms with Gasteiger partial charge in [-0.2, -0.15) is 0 Å². The second kappa shape index (κ2) is 6.91. The van der Waals surface area contributed by atoms with Crippen molar-refractivity contribution in [1.29, 1.82) is 0 Å². The first kappa shape index (κ1) is 19.5. The van der Waals surface area contributed by atoms with Crippen molar-refractivity contribution < 1.29 is 29.3 Å². The van der Waals surface area contributed by atoms with Crippen molar-refractivity contribution in [3.8, 4) is 28.2 Å². The third-order valence-electron chi connectivity index (χ3n) is 4.72. The van der Waals surface area contributed by atoms with Gasteiger partial charge in [0, 0.05) is 16.5 Å². The smallest absolute Gasteiger partial charge is 0.358 e. The maximum atomic E-state index is 12.1. The predicted molar refractivity (Wildman–Crippen MR) is 104 cm³/mol. The summed E-state index contributed by atoms with van der Waals surface area (Å²) < 4.78 is 5.42. The fourth-order valence-corrected chi connectivity index (χ4v) is 3.48. The van der Waals surface area contributed by atoms with Gasteiger partial charge in [0.25, 0.3) is 5.43 Å². The molecule has 1 aliphatic heterocycles. The molecule has 2 aromatic carbocycles. The maximum absolute atomic E-state index is 12.1. The minimum Gasteiger partial charge on any atom is -0.868 e. The van der Waals surface area contributed by atoms with E-state index in [2.05, 4.69) is 0 Å². The number of hydrogen-bond acceptors (Lipinski definition) is 8. The number of aromatic carboxylic acids is 1. The Labute approximate surface area is 171 Å². The monoisotopic (exact) mass is 421 g/mol. The van der Waals surface area contributed by atoms with E-state index < -0.39 is 49.7 Å². The van der Waals surface area contributed by atoms with Crippen LogP contribution in [0.5, 0.6) is 5.75 Å². The van der Waals surface area contributed by atoms with E-state index in [1.54, 1.807) is 0 Å². The number of nitro groups is 2. The lowest BCUT2D eigenvalue weighted by Crippen LogP contribution is -2.10. The molecule has 31 heavy (non-hydrogen) atoms. The van der Waals surface area contributed by atoms with E-state index in [0.29, 0.717) is 0 Å². The summed E-state index contributed by atoms with van der Waals surface area (Å²) in [4.78, 5) is 45.0. The lowest BCUT2D eigenvalue weighted by molar-refractivity contribution is -0.397. The first-order valence-corrected chi connectivity index (χ1v) is 8.57. The zero-order valence-corrected chi connectivity index (χ0v) is 15.2. The van der Waals surface area contributed by atoms with E-state index >= 15 is 0 Å². The number of rotatable bonds is 4. The number of hydrogen-bond donors (Lipinski definition) is 1. The first-order chi connectivity index (χ1) is 14.7. The molecule has 11 nitrogen and oxygen atoms in total. The molecule has 0 amide bonds. The third kappa shape index (κ3) is 2.92. The van der Waals surface area contributed by atoms with Gasteiger partial charge in [0.2, 0.25) is 11.3 Å². The molecule has 0 bridgehead atoms. The standard InChI is InChI=1S/C20H10N2O9/c23-13-7-5-11-15(9-3-1-2-4-10(9)20(25)26)12-6-8-14(24)17(22(29)30)19(12)31-18(11)16(13)21(27)28/h1-8,23H,(H,25,26)/p-1. The number of nitro benzene ring substituents is 2. The van der Waals surface area contributed by atoms with Crippen LogP contribution in [0.4, 0.5) is 11.4 Å². The van der Waals surface area contributed by atoms with Crippen LogP contribution in [0.2, 0.25) is 0 Å². The first-order valence-electron chi connectivity index (χ1n) is 8.57. The van der Waals surface area contributed by atoms with Crippen molar-refractivity contribution in [3.05, 3.63) is 84.5 Å². The molecule has 0 spiro atoms. The molecule has 4 rings (SSSR count). The average Bonchev–Trinajstić information content (AvgIpc) is 2.71. The van der Waals surface area contributed by atoms with Gasteiger partial charge in [-0.15, -0.1) is 0 Å². The quantitative estimate of drug-likeness (QED) is 0.294. The van der Waals surface area contributed by atoms with E-state index in [1.165, 1.54) is 36.4 Å². The van der Waals surface area contributed by atoms with E-state index in [1.807, 2.05) is 0 Å². The lowest BCUT2D eigenvalue weighted by atomic mass is 9.90. The highest BCUT2D eigenvalue weighted by molar-refractivity contribution is 6.10. The van der Waals surface area contributed by atoms with Gasteiger partial charge in [-0.25, -0.2) is 4.79 Å². The Morgan fingerprint density at radius 2 is 1.58 bits per heavy atom. The van der Waals surface area contributed by atoms with E-state index in [9.17, 15) is 40.0 Å². The molecule has 0 saturated carbocycles. The number of benzene rings is 3. The molecule has 0 aromatic heterocycles. The summed E-state index contributed by atoms with van der Waals surface area (Å²) in [5, 5.41) is 44.8. The van der Waals surface area contributed by atoms with Crippen LogP contribution in [0.25, 0.3) is 33.4 Å². The minimum absolute atomic E-state index is 0.0135. The van der Waals surface area contributed by atoms with Crippen molar-refractivity contribution in [1.82, 2.24) is 0 Å². The number of nitrogens with zero attached hydrogens (tertiary/aromatic N) is 2. The highest BCUT2D eigenvalue weighted by Crippen LogP contribution is 2.47. The normalized spacial score (nSPS) is 11.0. The molecule has 11 heteroatoms. The minimum atomic E-state index is -1.32. The molecule has 1 aliphatic carbocycles. The molecule has 0 saturated heterocycles. The maximum Gasteiger partial charge on any atom is 0.358 e. The van der Waals surface area contributed by atoms with Crippen molar-refractivity contribution in [3.63, 3.8) is 0 Å². The van der Waals surface area contributed by atoms with Crippen LogP contribution in [0.15, 0.2) is 57.7 Å². The molecule has 0 atom stereocenters. The molecule has 1 heterocycles. The summed E-state index contributed by atoms with van der Waals surface area (Å²) in [6.07, 6.45) is 0. The van der Waals surface area contributed by atoms with Gasteiger partial charge >= 0.3 is 17.3 Å². The zero-order valence-electron chi connectivity index (χ0n) is 15.2. The van der Waals surface area contributed by atoms with Crippen LogP contribution in [-0.2, 0) is 0 Å². The summed E-state index contributed by atoms with van der Waals surface area (Å²) in [5.41, 5.74) is -3.69. The Hall–Kier alpha value is -4.80. The fourth-order valence-electron chi connectivity index (χ4n) is 3.48. The molecule has 154 valence electrons. The van der Waals surface area contributed by atoms with Gasteiger partial charge in [-0.3, -0.25) is 25.0 Å². The van der Waals surface area contributed by atoms with Gasteiger partial charge < -0.3 is 14.6 Å². The second-order valence-electron chi connectivity index (χ2n) is 6.42. The van der Waals surface area contributed by atoms with Crippen LogP contribution >= 0.6 is 0 Å². The summed E-state index contributed by atoms with van der Waals surface area (Å²) in [6, 6.07) is 9.92. The highest BCUT2D eigenvalue weighted by Gasteiger charge is 2.32. The fraction of sp³-hybridized carbons (Fsp3) is 0. The number of fused-ring (bicyclic) bond motifs is 2. The Bertz CT molecular complexity index is 1460. The molecule has 0 radical (unpaired) electrons. The Balaban J connectivity index is 2.34. The lowest BCUT2D eigenvalue weighted by Gasteiger charge is -2.18. The van der Waals surface area contributed by atoms with Gasteiger partial charge in [-0.05, 0) is 29.5 Å². The molecule has 0 fully saturated rings. The van der Waals surface area contributed by atoms with Crippen LogP contribution in [0, 0.1) is 20.2 Å². The summed E-state index contributed by atoms with van der Waals surface area (Å²) in [5.74, 6) is -2.93. The number of carboxylic acids is 1. The molecule has 0 unspecified atom stereocenters. The number of carboxylic acid groups (broad SMARTS) is 1. The Kier molecular flexibility index (Phi) is 4.35. The average molecular weight is 421 g/mol. The van der Waals surface area contributed by atoms with Crippen LogP contribution < -0.4 is 10.5 Å². The topological polar surface area (TPSA) is 177 Å².